The Morgan fingerprint density at radius 1 is 0.870 bits per heavy atom. The van der Waals surface area contributed by atoms with E-state index in [1.807, 2.05) is 36.4 Å². The first-order valence-corrected chi connectivity index (χ1v) is 8.01. The number of nitriles is 1. The number of benzene rings is 2. The van der Waals surface area contributed by atoms with Crippen LogP contribution in [0.15, 0.2) is 60.7 Å². The standard InChI is InChI=1S/C20H24N2.ClH/c1-3-22(4-2)16-15-20(17-21,18-11-7-5-8-12-18)19-13-9-6-10-14-19;/h5-14H,3-4,15-16H2,1-2H3;1H. The molecule has 0 aliphatic carbocycles. The van der Waals surface area contributed by atoms with Gasteiger partial charge in [0.25, 0.3) is 0 Å². The minimum Gasteiger partial charge on any atom is -0.304 e. The maximum absolute atomic E-state index is 10.1. The summed E-state index contributed by atoms with van der Waals surface area (Å²) in [5.74, 6) is 0. The number of hydrogen-bond donors (Lipinski definition) is 0. The van der Waals surface area contributed by atoms with E-state index >= 15 is 0 Å². The molecule has 2 nitrogen and oxygen atoms in total. The summed E-state index contributed by atoms with van der Waals surface area (Å²) in [6, 6.07) is 23.0. The molecule has 0 saturated heterocycles. The van der Waals surface area contributed by atoms with Gasteiger partial charge in [-0.15, -0.1) is 12.4 Å². The molecule has 0 fully saturated rings. The molecule has 2 rings (SSSR count). The molecular weight excluding hydrogens is 304 g/mol. The molecule has 0 aliphatic rings. The van der Waals surface area contributed by atoms with Crippen LogP contribution in [0.2, 0.25) is 0 Å². The summed E-state index contributed by atoms with van der Waals surface area (Å²) in [6.07, 6.45) is 0.805. The largest absolute Gasteiger partial charge is 0.304 e. The lowest BCUT2D eigenvalue weighted by Crippen LogP contribution is -2.33. The van der Waals surface area contributed by atoms with Gasteiger partial charge in [-0.3, -0.25) is 0 Å². The Bertz CT molecular complexity index is 561. The topological polar surface area (TPSA) is 27.0 Å². The summed E-state index contributed by atoms with van der Waals surface area (Å²) in [4.78, 5) is 2.37. The van der Waals surface area contributed by atoms with Crippen molar-refractivity contribution in [2.45, 2.75) is 25.7 Å². The van der Waals surface area contributed by atoms with E-state index in [0.29, 0.717) is 0 Å². The molecular formula is C20H25ClN2. The van der Waals surface area contributed by atoms with Crippen molar-refractivity contribution in [3.8, 4) is 6.07 Å². The quantitative estimate of drug-likeness (QED) is 0.739. The van der Waals surface area contributed by atoms with Gasteiger partial charge in [0.1, 0.15) is 5.41 Å². The van der Waals surface area contributed by atoms with Gasteiger partial charge in [-0.05, 0) is 30.6 Å². The lowest BCUT2D eigenvalue weighted by molar-refractivity contribution is 0.285. The van der Waals surface area contributed by atoms with Crippen molar-refractivity contribution in [3.05, 3.63) is 71.8 Å². The Balaban J connectivity index is 0.00000264. The molecule has 0 atom stereocenters. The van der Waals surface area contributed by atoms with Gasteiger partial charge in [-0.1, -0.05) is 74.5 Å². The minimum absolute atomic E-state index is 0. The Labute approximate surface area is 146 Å². The van der Waals surface area contributed by atoms with Gasteiger partial charge in [0.05, 0.1) is 6.07 Å². The van der Waals surface area contributed by atoms with Crippen LogP contribution >= 0.6 is 12.4 Å². The van der Waals surface area contributed by atoms with Crippen LogP contribution in [0.5, 0.6) is 0 Å². The van der Waals surface area contributed by atoms with E-state index in [4.69, 9.17) is 0 Å². The Kier molecular flexibility index (Phi) is 7.81. The maximum Gasteiger partial charge on any atom is 0.108 e. The number of halogens is 1. The van der Waals surface area contributed by atoms with Crippen molar-refractivity contribution in [1.82, 2.24) is 4.90 Å². The van der Waals surface area contributed by atoms with Crippen LogP contribution in [-0.2, 0) is 5.41 Å². The highest BCUT2D eigenvalue weighted by atomic mass is 35.5. The second kappa shape index (κ2) is 9.35. The average molecular weight is 329 g/mol. The predicted octanol–water partition coefficient (Wildman–Crippen LogP) is 4.65. The van der Waals surface area contributed by atoms with Gasteiger partial charge < -0.3 is 4.90 Å². The van der Waals surface area contributed by atoms with Crippen molar-refractivity contribution in [3.63, 3.8) is 0 Å². The molecule has 0 aromatic heterocycles. The van der Waals surface area contributed by atoms with E-state index in [0.717, 1.165) is 37.2 Å². The Morgan fingerprint density at radius 3 is 1.65 bits per heavy atom. The monoisotopic (exact) mass is 328 g/mol. The van der Waals surface area contributed by atoms with Crippen molar-refractivity contribution in [2.75, 3.05) is 19.6 Å². The zero-order valence-corrected chi connectivity index (χ0v) is 14.7. The van der Waals surface area contributed by atoms with Gasteiger partial charge in [0, 0.05) is 6.54 Å². The lowest BCUT2D eigenvalue weighted by Gasteiger charge is -2.30. The minimum atomic E-state index is -0.578. The van der Waals surface area contributed by atoms with Gasteiger partial charge in [0.2, 0.25) is 0 Å². The summed E-state index contributed by atoms with van der Waals surface area (Å²) in [5, 5.41) is 10.1. The first kappa shape index (κ1) is 19.2. The van der Waals surface area contributed by atoms with Crippen LogP contribution in [0, 0.1) is 11.3 Å². The van der Waals surface area contributed by atoms with Crippen LogP contribution < -0.4 is 0 Å². The molecule has 0 amide bonds. The molecule has 2 aromatic carbocycles. The molecule has 2 aromatic rings. The van der Waals surface area contributed by atoms with E-state index in [1.165, 1.54) is 0 Å². The van der Waals surface area contributed by atoms with E-state index in [2.05, 4.69) is 49.1 Å². The van der Waals surface area contributed by atoms with Crippen molar-refractivity contribution >= 4 is 12.4 Å². The van der Waals surface area contributed by atoms with E-state index in [1.54, 1.807) is 0 Å². The van der Waals surface area contributed by atoms with Crippen LogP contribution in [0.1, 0.15) is 31.4 Å². The fraction of sp³-hybridized carbons (Fsp3) is 0.350. The average Bonchev–Trinajstić information content (AvgIpc) is 2.61. The van der Waals surface area contributed by atoms with Crippen LogP contribution in [0.4, 0.5) is 0 Å². The molecule has 0 heterocycles. The second-order valence-corrected chi connectivity index (χ2v) is 5.53. The van der Waals surface area contributed by atoms with Crippen molar-refractivity contribution < 1.29 is 0 Å². The Hall–Kier alpha value is -1.82. The third-order valence-corrected chi connectivity index (χ3v) is 4.42. The second-order valence-electron chi connectivity index (χ2n) is 5.53. The predicted molar refractivity (Wildman–Crippen MR) is 98.9 cm³/mol. The van der Waals surface area contributed by atoms with Crippen molar-refractivity contribution in [2.24, 2.45) is 0 Å². The molecule has 0 N–H and O–H groups in total. The molecule has 0 unspecified atom stereocenters. The number of rotatable bonds is 7. The molecule has 0 radical (unpaired) electrons. The van der Waals surface area contributed by atoms with E-state index in [9.17, 15) is 5.26 Å². The van der Waals surface area contributed by atoms with Crippen LogP contribution in [0.3, 0.4) is 0 Å². The smallest absolute Gasteiger partial charge is 0.108 e. The fourth-order valence-corrected chi connectivity index (χ4v) is 2.95. The molecule has 3 heteroatoms. The lowest BCUT2D eigenvalue weighted by atomic mass is 9.73. The molecule has 0 spiro atoms. The van der Waals surface area contributed by atoms with Gasteiger partial charge in [-0.25, -0.2) is 0 Å². The maximum atomic E-state index is 10.1. The van der Waals surface area contributed by atoms with E-state index < -0.39 is 5.41 Å². The highest BCUT2D eigenvalue weighted by Crippen LogP contribution is 2.35. The normalized spacial score (nSPS) is 10.9. The zero-order valence-electron chi connectivity index (χ0n) is 13.9. The van der Waals surface area contributed by atoms with Gasteiger partial charge in [-0.2, -0.15) is 5.26 Å². The molecule has 23 heavy (non-hydrogen) atoms. The molecule has 0 aliphatic heterocycles. The summed E-state index contributed by atoms with van der Waals surface area (Å²) in [5.41, 5.74) is 1.58. The Morgan fingerprint density at radius 2 is 1.30 bits per heavy atom. The third-order valence-electron chi connectivity index (χ3n) is 4.42. The zero-order chi connectivity index (χ0) is 15.8. The fourth-order valence-electron chi connectivity index (χ4n) is 2.95. The SMILES string of the molecule is CCN(CC)CCC(C#N)(c1ccccc1)c1ccccc1.Cl. The van der Waals surface area contributed by atoms with Gasteiger partial charge >= 0.3 is 0 Å². The van der Waals surface area contributed by atoms with Crippen LogP contribution in [0.25, 0.3) is 0 Å². The third kappa shape index (κ3) is 4.34. The first-order valence-electron chi connectivity index (χ1n) is 8.01. The summed E-state index contributed by atoms with van der Waals surface area (Å²) in [7, 11) is 0. The molecule has 0 saturated carbocycles. The van der Waals surface area contributed by atoms with Crippen LogP contribution in [-0.4, -0.2) is 24.5 Å². The highest BCUT2D eigenvalue weighted by molar-refractivity contribution is 5.85. The molecule has 122 valence electrons. The summed E-state index contributed by atoms with van der Waals surface area (Å²) >= 11 is 0. The molecule has 0 bridgehead atoms. The summed E-state index contributed by atoms with van der Waals surface area (Å²) in [6.45, 7) is 7.29. The first-order chi connectivity index (χ1) is 10.8. The number of nitrogens with zero attached hydrogens (tertiary/aromatic N) is 2. The van der Waals surface area contributed by atoms with E-state index in [-0.39, 0.29) is 12.4 Å². The summed E-state index contributed by atoms with van der Waals surface area (Å²) < 4.78 is 0. The number of hydrogen-bond acceptors (Lipinski definition) is 2. The van der Waals surface area contributed by atoms with Crippen molar-refractivity contribution in [1.29, 1.82) is 5.26 Å². The van der Waals surface area contributed by atoms with Gasteiger partial charge in [0.15, 0.2) is 0 Å². The highest BCUT2D eigenvalue weighted by Gasteiger charge is 2.34.